The van der Waals surface area contributed by atoms with Crippen LogP contribution < -0.4 is 4.90 Å². The fraction of sp³-hybridized carbons (Fsp3) is 0.400. The number of aromatic nitrogens is 1. The van der Waals surface area contributed by atoms with Crippen molar-refractivity contribution in [2.24, 2.45) is 0 Å². The van der Waals surface area contributed by atoms with E-state index in [0.717, 1.165) is 0 Å². The average Bonchev–Trinajstić information content (AvgIpc) is 2.21. The Morgan fingerprint density at radius 3 is 3.00 bits per heavy atom. The Balaban J connectivity index is 2.79. The molecule has 74 valence electrons. The van der Waals surface area contributed by atoms with Gasteiger partial charge in [0.05, 0.1) is 12.5 Å². The van der Waals surface area contributed by atoms with E-state index in [-0.39, 0.29) is 5.82 Å². The molecule has 14 heavy (non-hydrogen) atoms. The molecular formula is C10H12FN3. The zero-order valence-corrected chi connectivity index (χ0v) is 8.07. The first kappa shape index (κ1) is 10.5. The van der Waals surface area contributed by atoms with E-state index in [1.807, 2.05) is 13.0 Å². The highest BCUT2D eigenvalue weighted by Crippen LogP contribution is 2.14. The molecule has 0 bridgehead atoms. The van der Waals surface area contributed by atoms with Gasteiger partial charge in [0.15, 0.2) is 11.6 Å². The van der Waals surface area contributed by atoms with Crippen molar-refractivity contribution in [3.8, 4) is 6.07 Å². The summed E-state index contributed by atoms with van der Waals surface area (Å²) >= 11 is 0. The molecule has 0 fully saturated rings. The van der Waals surface area contributed by atoms with Crippen LogP contribution in [0.2, 0.25) is 0 Å². The number of pyridine rings is 1. The van der Waals surface area contributed by atoms with E-state index in [9.17, 15) is 4.39 Å². The van der Waals surface area contributed by atoms with E-state index in [0.29, 0.717) is 25.3 Å². The van der Waals surface area contributed by atoms with Gasteiger partial charge in [-0.05, 0) is 19.1 Å². The number of nitrogens with zero attached hydrogens (tertiary/aromatic N) is 3. The fourth-order valence-electron chi connectivity index (χ4n) is 1.21. The van der Waals surface area contributed by atoms with E-state index < -0.39 is 0 Å². The van der Waals surface area contributed by atoms with Crippen molar-refractivity contribution in [2.45, 2.75) is 13.3 Å². The van der Waals surface area contributed by atoms with Gasteiger partial charge in [-0.2, -0.15) is 5.26 Å². The van der Waals surface area contributed by atoms with Gasteiger partial charge in [-0.25, -0.2) is 9.37 Å². The van der Waals surface area contributed by atoms with Crippen molar-refractivity contribution in [3.63, 3.8) is 0 Å². The molecule has 0 unspecified atom stereocenters. The van der Waals surface area contributed by atoms with Crippen LogP contribution in [0.25, 0.3) is 0 Å². The molecule has 0 aromatic carbocycles. The van der Waals surface area contributed by atoms with Gasteiger partial charge >= 0.3 is 0 Å². The quantitative estimate of drug-likeness (QED) is 0.733. The van der Waals surface area contributed by atoms with Crippen molar-refractivity contribution in [1.29, 1.82) is 5.26 Å². The SMILES string of the molecule is CCN(CCC#N)c1ncccc1F. The van der Waals surface area contributed by atoms with Crippen LogP contribution in [-0.4, -0.2) is 18.1 Å². The Morgan fingerprint density at radius 2 is 2.43 bits per heavy atom. The minimum atomic E-state index is -0.340. The summed E-state index contributed by atoms with van der Waals surface area (Å²) in [6.07, 6.45) is 1.93. The van der Waals surface area contributed by atoms with Crippen LogP contribution in [-0.2, 0) is 0 Å². The third kappa shape index (κ3) is 2.43. The molecule has 0 amide bonds. The van der Waals surface area contributed by atoms with Crippen LogP contribution in [0.15, 0.2) is 18.3 Å². The molecule has 0 saturated carbocycles. The molecule has 0 aliphatic rings. The highest BCUT2D eigenvalue weighted by Gasteiger charge is 2.09. The lowest BCUT2D eigenvalue weighted by Crippen LogP contribution is -2.25. The van der Waals surface area contributed by atoms with Gasteiger partial charge in [0.2, 0.25) is 0 Å². The summed E-state index contributed by atoms with van der Waals surface area (Å²) in [7, 11) is 0. The van der Waals surface area contributed by atoms with Crippen LogP contribution in [0.3, 0.4) is 0 Å². The van der Waals surface area contributed by atoms with E-state index in [1.165, 1.54) is 6.07 Å². The summed E-state index contributed by atoms with van der Waals surface area (Å²) in [5, 5.41) is 8.44. The van der Waals surface area contributed by atoms with Crippen LogP contribution in [0.4, 0.5) is 10.2 Å². The molecule has 1 aromatic rings. The minimum absolute atomic E-state index is 0.324. The minimum Gasteiger partial charge on any atom is -0.353 e. The fourth-order valence-corrected chi connectivity index (χ4v) is 1.21. The lowest BCUT2D eigenvalue weighted by Gasteiger charge is -2.20. The monoisotopic (exact) mass is 193 g/mol. The molecule has 1 aromatic heterocycles. The topological polar surface area (TPSA) is 39.9 Å². The molecule has 1 rings (SSSR count). The molecule has 4 heteroatoms. The van der Waals surface area contributed by atoms with Gasteiger partial charge in [0, 0.05) is 19.3 Å². The molecule has 0 aliphatic carbocycles. The number of anilines is 1. The smallest absolute Gasteiger partial charge is 0.165 e. The molecular weight excluding hydrogens is 181 g/mol. The second-order valence-electron chi connectivity index (χ2n) is 2.80. The van der Waals surface area contributed by atoms with Gasteiger partial charge < -0.3 is 4.90 Å². The lowest BCUT2D eigenvalue weighted by molar-refractivity contribution is 0.610. The van der Waals surface area contributed by atoms with Gasteiger partial charge in [0.1, 0.15) is 0 Å². The van der Waals surface area contributed by atoms with Crippen LogP contribution in [0.5, 0.6) is 0 Å². The Morgan fingerprint density at radius 1 is 1.64 bits per heavy atom. The third-order valence-electron chi connectivity index (χ3n) is 1.91. The lowest BCUT2D eigenvalue weighted by atomic mass is 10.3. The van der Waals surface area contributed by atoms with Crippen LogP contribution in [0, 0.1) is 17.1 Å². The maximum atomic E-state index is 13.3. The van der Waals surface area contributed by atoms with E-state index in [2.05, 4.69) is 4.98 Å². The Kier molecular flexibility index (Phi) is 3.86. The number of nitriles is 1. The summed E-state index contributed by atoms with van der Waals surface area (Å²) in [6, 6.07) is 4.95. The highest BCUT2D eigenvalue weighted by atomic mass is 19.1. The first-order valence-corrected chi connectivity index (χ1v) is 4.52. The molecule has 0 atom stereocenters. The van der Waals surface area contributed by atoms with Crippen molar-refractivity contribution >= 4 is 5.82 Å². The van der Waals surface area contributed by atoms with Gasteiger partial charge in [-0.15, -0.1) is 0 Å². The molecule has 0 radical (unpaired) electrons. The van der Waals surface area contributed by atoms with Crippen molar-refractivity contribution in [3.05, 3.63) is 24.1 Å². The predicted molar refractivity (Wildman–Crippen MR) is 52.3 cm³/mol. The number of halogens is 1. The second-order valence-corrected chi connectivity index (χ2v) is 2.80. The summed E-state index contributed by atoms with van der Waals surface area (Å²) in [5.74, 6) is -0.0162. The Hall–Kier alpha value is -1.63. The summed E-state index contributed by atoms with van der Waals surface area (Å²) in [6.45, 7) is 3.07. The zero-order chi connectivity index (χ0) is 10.4. The van der Waals surface area contributed by atoms with E-state index in [1.54, 1.807) is 17.2 Å². The number of hydrogen-bond donors (Lipinski definition) is 0. The van der Waals surface area contributed by atoms with E-state index in [4.69, 9.17) is 5.26 Å². The first-order chi connectivity index (χ1) is 6.79. The Bertz CT molecular complexity index is 332. The zero-order valence-electron chi connectivity index (χ0n) is 8.07. The number of rotatable bonds is 4. The summed E-state index contributed by atoms with van der Waals surface area (Å²) < 4.78 is 13.3. The van der Waals surface area contributed by atoms with Gasteiger partial charge in [-0.1, -0.05) is 0 Å². The van der Waals surface area contributed by atoms with Crippen molar-refractivity contribution in [1.82, 2.24) is 4.98 Å². The molecule has 0 N–H and O–H groups in total. The predicted octanol–water partition coefficient (Wildman–Crippen LogP) is 1.96. The number of hydrogen-bond acceptors (Lipinski definition) is 3. The van der Waals surface area contributed by atoms with Crippen molar-refractivity contribution < 1.29 is 4.39 Å². The third-order valence-corrected chi connectivity index (χ3v) is 1.91. The summed E-state index contributed by atoms with van der Waals surface area (Å²) in [4.78, 5) is 5.69. The standard InChI is InChI=1S/C10H12FN3/c1-2-14(8-4-6-12)10-9(11)5-3-7-13-10/h3,5,7H,2,4,8H2,1H3. The van der Waals surface area contributed by atoms with Crippen molar-refractivity contribution in [2.75, 3.05) is 18.0 Å². The normalized spacial score (nSPS) is 9.50. The first-order valence-electron chi connectivity index (χ1n) is 4.52. The molecule has 0 spiro atoms. The highest BCUT2D eigenvalue weighted by molar-refractivity contribution is 5.39. The van der Waals surface area contributed by atoms with Gasteiger partial charge in [0.25, 0.3) is 0 Å². The average molecular weight is 193 g/mol. The largest absolute Gasteiger partial charge is 0.353 e. The molecule has 0 saturated heterocycles. The van der Waals surface area contributed by atoms with E-state index >= 15 is 0 Å². The molecule has 1 heterocycles. The second kappa shape index (κ2) is 5.18. The molecule has 0 aliphatic heterocycles. The Labute approximate surface area is 82.8 Å². The molecule has 3 nitrogen and oxygen atoms in total. The van der Waals surface area contributed by atoms with Gasteiger partial charge in [-0.3, -0.25) is 0 Å². The maximum absolute atomic E-state index is 13.3. The van der Waals surface area contributed by atoms with Crippen LogP contribution in [0.1, 0.15) is 13.3 Å². The maximum Gasteiger partial charge on any atom is 0.165 e. The van der Waals surface area contributed by atoms with Crippen LogP contribution >= 0.6 is 0 Å². The summed E-state index contributed by atoms with van der Waals surface area (Å²) in [5.41, 5.74) is 0.